The van der Waals surface area contributed by atoms with Crippen molar-refractivity contribution in [3.63, 3.8) is 0 Å². The maximum absolute atomic E-state index is 4.46. The summed E-state index contributed by atoms with van der Waals surface area (Å²) in [6.07, 6.45) is 8.11. The second-order valence-electron chi connectivity index (χ2n) is 6.51. The van der Waals surface area contributed by atoms with Crippen molar-refractivity contribution in [3.05, 3.63) is 51.6 Å². The van der Waals surface area contributed by atoms with E-state index >= 15 is 0 Å². The third-order valence-corrected chi connectivity index (χ3v) is 5.96. The largest absolute Gasteiger partial charge is 0.361 e. The molecule has 0 spiro atoms. The number of aromatic amines is 1. The van der Waals surface area contributed by atoms with Gasteiger partial charge in [-0.3, -0.25) is 4.99 Å². The number of H-pyrrole nitrogens is 1. The Labute approximate surface area is 188 Å². The molecule has 0 atom stereocenters. The summed E-state index contributed by atoms with van der Waals surface area (Å²) in [6, 6.07) is 6.54. The summed E-state index contributed by atoms with van der Waals surface area (Å²) in [5, 5.41) is 9.30. The van der Waals surface area contributed by atoms with Gasteiger partial charge in [0.15, 0.2) is 5.96 Å². The molecule has 0 bridgehead atoms. The smallest absolute Gasteiger partial charge is 0.191 e. The van der Waals surface area contributed by atoms with Crippen LogP contribution in [0.5, 0.6) is 0 Å². The molecule has 0 aliphatic carbocycles. The number of aromatic nitrogens is 2. The van der Waals surface area contributed by atoms with E-state index in [-0.39, 0.29) is 24.0 Å². The first-order chi connectivity index (χ1) is 13.2. The number of benzene rings is 1. The lowest BCUT2D eigenvalue weighted by Crippen LogP contribution is -2.39. The molecule has 1 aromatic carbocycles. The van der Waals surface area contributed by atoms with Crippen molar-refractivity contribution < 1.29 is 0 Å². The first kappa shape index (κ1) is 22.7. The fraction of sp³-hybridized carbons (Fsp3) is 0.429. The Morgan fingerprint density at radius 2 is 1.89 bits per heavy atom. The summed E-state index contributed by atoms with van der Waals surface area (Å²) in [7, 11) is 1.81. The first-order valence-corrected chi connectivity index (χ1v) is 10.5. The van der Waals surface area contributed by atoms with E-state index in [0.717, 1.165) is 44.7 Å². The monoisotopic (exact) mass is 511 g/mol. The summed E-state index contributed by atoms with van der Waals surface area (Å²) in [4.78, 5) is 13.6. The van der Waals surface area contributed by atoms with E-state index in [4.69, 9.17) is 0 Å². The van der Waals surface area contributed by atoms with Crippen LogP contribution >= 0.6 is 35.3 Å². The molecule has 0 aliphatic rings. The molecule has 7 heteroatoms. The number of nitrogens with zero attached hydrogens (tertiary/aromatic N) is 2. The second-order valence-corrected chi connectivity index (χ2v) is 7.71. The molecular weight excluding hydrogens is 481 g/mol. The van der Waals surface area contributed by atoms with Gasteiger partial charge in [-0.15, -0.1) is 35.3 Å². The molecule has 3 N–H and O–H groups in total. The van der Waals surface area contributed by atoms with Gasteiger partial charge in [0.1, 0.15) is 0 Å². The van der Waals surface area contributed by atoms with Crippen molar-refractivity contribution in [1.29, 1.82) is 0 Å². The van der Waals surface area contributed by atoms with Crippen LogP contribution < -0.4 is 10.6 Å². The van der Waals surface area contributed by atoms with Crippen LogP contribution in [0.2, 0.25) is 0 Å². The number of nitrogens with one attached hydrogen (secondary N) is 3. The Kier molecular flexibility index (Phi) is 9.24. The van der Waals surface area contributed by atoms with E-state index in [0.29, 0.717) is 0 Å². The molecular formula is C21H30IN5S. The van der Waals surface area contributed by atoms with E-state index in [1.54, 1.807) is 11.3 Å². The average molecular weight is 511 g/mol. The number of rotatable bonds is 8. The van der Waals surface area contributed by atoms with Crippen LogP contribution in [0.1, 0.15) is 34.9 Å². The highest BCUT2D eigenvalue weighted by molar-refractivity contribution is 14.0. The Bertz CT molecular complexity index is 899. The Balaban J connectivity index is 0.00000280. The molecule has 3 rings (SSSR count). The minimum atomic E-state index is 0. The van der Waals surface area contributed by atoms with Gasteiger partial charge >= 0.3 is 0 Å². The molecule has 0 amide bonds. The van der Waals surface area contributed by atoms with Crippen LogP contribution in [0.3, 0.4) is 0 Å². The summed E-state index contributed by atoms with van der Waals surface area (Å²) in [5.41, 5.74) is 3.99. The van der Waals surface area contributed by atoms with Crippen LogP contribution in [-0.2, 0) is 25.7 Å². The van der Waals surface area contributed by atoms with Gasteiger partial charge in [-0.2, -0.15) is 0 Å². The normalized spacial score (nSPS) is 11.5. The maximum Gasteiger partial charge on any atom is 0.191 e. The molecule has 0 fully saturated rings. The number of aryl methyl sites for hydroxylation is 2. The van der Waals surface area contributed by atoms with Gasteiger partial charge in [-0.05, 0) is 30.4 Å². The highest BCUT2D eigenvalue weighted by Crippen LogP contribution is 2.22. The number of thiazole rings is 1. The fourth-order valence-electron chi connectivity index (χ4n) is 3.23. The van der Waals surface area contributed by atoms with E-state index in [1.807, 2.05) is 13.2 Å². The molecule has 0 radical (unpaired) electrons. The minimum Gasteiger partial charge on any atom is -0.361 e. The zero-order valence-electron chi connectivity index (χ0n) is 16.8. The summed E-state index contributed by atoms with van der Waals surface area (Å²) < 4.78 is 0. The Hall–Kier alpha value is -1.61. The topological polar surface area (TPSA) is 65.1 Å². The van der Waals surface area contributed by atoms with E-state index < -0.39 is 0 Å². The number of para-hydroxylation sites is 1. The van der Waals surface area contributed by atoms with Crippen LogP contribution in [-0.4, -0.2) is 36.1 Å². The van der Waals surface area contributed by atoms with Crippen molar-refractivity contribution >= 4 is 52.2 Å². The zero-order valence-corrected chi connectivity index (χ0v) is 20.0. The van der Waals surface area contributed by atoms with Gasteiger partial charge in [0, 0.05) is 54.7 Å². The van der Waals surface area contributed by atoms with Gasteiger partial charge in [0.05, 0.1) is 5.01 Å². The van der Waals surface area contributed by atoms with Crippen molar-refractivity contribution in [1.82, 2.24) is 20.6 Å². The van der Waals surface area contributed by atoms with Gasteiger partial charge in [-0.1, -0.05) is 32.0 Å². The SMILES string of the molecule is CCc1cnc(CCNC(=NC)NCCc2c[nH]c3c(CC)cccc23)s1.I. The fourth-order valence-corrected chi connectivity index (χ4v) is 4.09. The standard InChI is InChI=1S/C21H29N5S.HI/c1-4-15-7-6-8-18-16(13-26-20(15)18)9-11-23-21(22-3)24-12-10-19-25-14-17(5-2)27-19;/h6-8,13-14,26H,4-5,9-12H2,1-3H3,(H2,22,23,24);1H. The van der Waals surface area contributed by atoms with Crippen molar-refractivity contribution in [2.75, 3.05) is 20.1 Å². The van der Waals surface area contributed by atoms with E-state index in [9.17, 15) is 0 Å². The Morgan fingerprint density at radius 1 is 1.11 bits per heavy atom. The van der Waals surface area contributed by atoms with Gasteiger partial charge in [0.25, 0.3) is 0 Å². The van der Waals surface area contributed by atoms with Crippen molar-refractivity contribution in [3.8, 4) is 0 Å². The highest BCUT2D eigenvalue weighted by Gasteiger charge is 2.07. The first-order valence-electron chi connectivity index (χ1n) is 9.71. The molecule has 2 aromatic heterocycles. The van der Waals surface area contributed by atoms with Crippen LogP contribution in [0.25, 0.3) is 10.9 Å². The molecule has 0 saturated carbocycles. The molecule has 2 heterocycles. The van der Waals surface area contributed by atoms with Gasteiger partial charge < -0.3 is 15.6 Å². The molecule has 28 heavy (non-hydrogen) atoms. The van der Waals surface area contributed by atoms with Crippen LogP contribution in [0, 0.1) is 0 Å². The number of hydrogen-bond acceptors (Lipinski definition) is 3. The number of guanidine groups is 1. The van der Waals surface area contributed by atoms with Crippen LogP contribution in [0.15, 0.2) is 35.6 Å². The number of hydrogen-bond donors (Lipinski definition) is 3. The predicted molar refractivity (Wildman–Crippen MR) is 131 cm³/mol. The van der Waals surface area contributed by atoms with E-state index in [2.05, 4.69) is 63.8 Å². The molecule has 0 unspecified atom stereocenters. The number of halogens is 1. The lowest BCUT2D eigenvalue weighted by molar-refractivity contribution is 0.783. The molecule has 152 valence electrons. The number of fused-ring (bicyclic) bond motifs is 1. The van der Waals surface area contributed by atoms with Gasteiger partial charge in [0.2, 0.25) is 0 Å². The predicted octanol–water partition coefficient (Wildman–Crippen LogP) is 4.32. The lowest BCUT2D eigenvalue weighted by atomic mass is 10.1. The summed E-state index contributed by atoms with van der Waals surface area (Å²) in [5.74, 6) is 0.844. The maximum atomic E-state index is 4.46. The molecule has 3 aromatic rings. The second kappa shape index (κ2) is 11.4. The average Bonchev–Trinajstić information content (AvgIpc) is 3.33. The molecule has 0 aliphatic heterocycles. The third kappa shape index (κ3) is 5.70. The van der Waals surface area contributed by atoms with E-state index in [1.165, 1.54) is 31.9 Å². The Morgan fingerprint density at radius 3 is 2.57 bits per heavy atom. The molecule has 5 nitrogen and oxygen atoms in total. The van der Waals surface area contributed by atoms with Crippen LogP contribution in [0.4, 0.5) is 0 Å². The zero-order chi connectivity index (χ0) is 19.1. The number of aliphatic imine (C=N–C) groups is 1. The van der Waals surface area contributed by atoms with Crippen molar-refractivity contribution in [2.45, 2.75) is 39.5 Å². The quantitative estimate of drug-likeness (QED) is 0.240. The summed E-state index contributed by atoms with van der Waals surface area (Å²) in [6.45, 7) is 6.04. The van der Waals surface area contributed by atoms with Gasteiger partial charge in [-0.25, -0.2) is 4.98 Å². The molecule has 0 saturated heterocycles. The minimum absolute atomic E-state index is 0. The third-order valence-electron chi connectivity index (χ3n) is 4.76. The summed E-state index contributed by atoms with van der Waals surface area (Å²) >= 11 is 1.80. The van der Waals surface area contributed by atoms with Crippen molar-refractivity contribution in [2.24, 2.45) is 4.99 Å². The highest BCUT2D eigenvalue weighted by atomic mass is 127. The lowest BCUT2D eigenvalue weighted by Gasteiger charge is -2.11.